The standard InChI is InChI=1S/C16H19BrN2O/c1-2-11-4-3-5-13(8-11)20-15-6-7-18-14-9-12(17)10-19-16(14)15/h6-7,9-11,13H,2-5,8H2,1H3. The van der Waals surface area contributed by atoms with Crippen LogP contribution in [-0.2, 0) is 0 Å². The second-order valence-electron chi connectivity index (χ2n) is 5.51. The Hall–Kier alpha value is -1.16. The van der Waals surface area contributed by atoms with Crippen molar-refractivity contribution in [3.63, 3.8) is 0 Å². The highest BCUT2D eigenvalue weighted by Gasteiger charge is 2.22. The lowest BCUT2D eigenvalue weighted by atomic mass is 9.85. The van der Waals surface area contributed by atoms with Crippen molar-refractivity contribution >= 4 is 27.0 Å². The van der Waals surface area contributed by atoms with Crippen LogP contribution in [0.2, 0.25) is 0 Å². The molecule has 4 heteroatoms. The monoisotopic (exact) mass is 334 g/mol. The number of ether oxygens (including phenoxy) is 1. The van der Waals surface area contributed by atoms with E-state index in [1.165, 1.54) is 19.3 Å². The molecular formula is C16H19BrN2O. The quantitative estimate of drug-likeness (QED) is 0.813. The molecule has 1 aliphatic carbocycles. The molecule has 2 aromatic heterocycles. The minimum Gasteiger partial charge on any atom is -0.488 e. The first kappa shape index (κ1) is 13.8. The summed E-state index contributed by atoms with van der Waals surface area (Å²) >= 11 is 3.43. The molecule has 1 aliphatic rings. The normalized spacial score (nSPS) is 22.9. The topological polar surface area (TPSA) is 35.0 Å². The average Bonchev–Trinajstić information content (AvgIpc) is 2.47. The van der Waals surface area contributed by atoms with E-state index in [9.17, 15) is 0 Å². The van der Waals surface area contributed by atoms with Crippen LogP contribution >= 0.6 is 15.9 Å². The zero-order chi connectivity index (χ0) is 13.9. The fourth-order valence-corrected chi connectivity index (χ4v) is 3.29. The summed E-state index contributed by atoms with van der Waals surface area (Å²) < 4.78 is 7.17. The Kier molecular flexibility index (Phi) is 4.20. The molecule has 20 heavy (non-hydrogen) atoms. The van der Waals surface area contributed by atoms with Crippen molar-refractivity contribution in [1.82, 2.24) is 9.97 Å². The Morgan fingerprint density at radius 2 is 2.25 bits per heavy atom. The molecule has 2 aromatic rings. The third-order valence-electron chi connectivity index (χ3n) is 4.11. The van der Waals surface area contributed by atoms with Crippen LogP contribution in [0.3, 0.4) is 0 Å². The molecule has 0 aromatic carbocycles. The predicted octanol–water partition coefficient (Wildman–Crippen LogP) is 4.74. The van der Waals surface area contributed by atoms with Gasteiger partial charge in [0, 0.05) is 22.9 Å². The van der Waals surface area contributed by atoms with Gasteiger partial charge < -0.3 is 4.74 Å². The molecule has 0 spiro atoms. The summed E-state index contributed by atoms with van der Waals surface area (Å²) in [6, 6.07) is 3.91. The van der Waals surface area contributed by atoms with Gasteiger partial charge >= 0.3 is 0 Å². The molecule has 3 rings (SSSR count). The van der Waals surface area contributed by atoms with Crippen molar-refractivity contribution in [1.29, 1.82) is 0 Å². The van der Waals surface area contributed by atoms with Gasteiger partial charge in [-0.15, -0.1) is 0 Å². The van der Waals surface area contributed by atoms with Gasteiger partial charge in [-0.2, -0.15) is 0 Å². The summed E-state index contributed by atoms with van der Waals surface area (Å²) in [5, 5.41) is 0. The van der Waals surface area contributed by atoms with Crippen LogP contribution in [0.1, 0.15) is 39.0 Å². The van der Waals surface area contributed by atoms with Gasteiger partial charge in [-0.3, -0.25) is 4.98 Å². The number of fused-ring (bicyclic) bond motifs is 1. The van der Waals surface area contributed by atoms with Gasteiger partial charge in [0.25, 0.3) is 0 Å². The molecule has 0 N–H and O–H groups in total. The summed E-state index contributed by atoms with van der Waals surface area (Å²) in [5.74, 6) is 1.67. The highest BCUT2D eigenvalue weighted by atomic mass is 79.9. The van der Waals surface area contributed by atoms with Gasteiger partial charge in [-0.25, -0.2) is 4.98 Å². The first-order valence-electron chi connectivity index (χ1n) is 7.33. The van der Waals surface area contributed by atoms with E-state index in [0.29, 0.717) is 6.10 Å². The Morgan fingerprint density at radius 3 is 3.10 bits per heavy atom. The SMILES string of the molecule is CCC1CCCC(Oc2ccnc3cc(Br)cnc23)C1. The maximum Gasteiger partial charge on any atom is 0.149 e. The summed E-state index contributed by atoms with van der Waals surface area (Å²) in [5.41, 5.74) is 1.73. The Morgan fingerprint density at radius 1 is 1.35 bits per heavy atom. The lowest BCUT2D eigenvalue weighted by molar-refractivity contribution is 0.123. The molecule has 2 unspecified atom stereocenters. The van der Waals surface area contributed by atoms with E-state index in [2.05, 4.69) is 32.8 Å². The molecule has 0 radical (unpaired) electrons. The molecule has 3 nitrogen and oxygen atoms in total. The largest absolute Gasteiger partial charge is 0.488 e. The third kappa shape index (κ3) is 2.95. The van der Waals surface area contributed by atoms with Crippen molar-refractivity contribution in [2.24, 2.45) is 5.92 Å². The van der Waals surface area contributed by atoms with E-state index in [1.807, 2.05) is 12.1 Å². The number of pyridine rings is 2. The van der Waals surface area contributed by atoms with Gasteiger partial charge in [-0.05, 0) is 47.2 Å². The number of hydrogen-bond donors (Lipinski definition) is 0. The first-order valence-corrected chi connectivity index (χ1v) is 8.12. The van der Waals surface area contributed by atoms with Crippen LogP contribution in [0.15, 0.2) is 29.0 Å². The van der Waals surface area contributed by atoms with Crippen molar-refractivity contribution in [2.45, 2.75) is 45.1 Å². The molecule has 2 atom stereocenters. The zero-order valence-electron chi connectivity index (χ0n) is 11.7. The lowest BCUT2D eigenvalue weighted by Gasteiger charge is -2.29. The van der Waals surface area contributed by atoms with E-state index < -0.39 is 0 Å². The number of nitrogens with zero attached hydrogens (tertiary/aromatic N) is 2. The molecule has 0 aliphatic heterocycles. The van der Waals surface area contributed by atoms with E-state index >= 15 is 0 Å². The summed E-state index contributed by atoms with van der Waals surface area (Å²) in [6.07, 6.45) is 10.1. The molecule has 2 heterocycles. The maximum absolute atomic E-state index is 6.22. The van der Waals surface area contributed by atoms with Crippen LogP contribution < -0.4 is 4.74 Å². The van der Waals surface area contributed by atoms with E-state index in [1.54, 1.807) is 12.4 Å². The zero-order valence-corrected chi connectivity index (χ0v) is 13.3. The minimum atomic E-state index is 0.324. The van der Waals surface area contributed by atoms with Crippen LogP contribution in [0.25, 0.3) is 11.0 Å². The highest BCUT2D eigenvalue weighted by Crippen LogP contribution is 2.31. The van der Waals surface area contributed by atoms with Crippen molar-refractivity contribution in [2.75, 3.05) is 0 Å². The Bertz CT molecular complexity index is 602. The smallest absolute Gasteiger partial charge is 0.149 e. The number of rotatable bonds is 3. The average molecular weight is 335 g/mol. The molecule has 106 valence electrons. The number of halogens is 1. The van der Waals surface area contributed by atoms with Gasteiger partial charge in [0.2, 0.25) is 0 Å². The molecular weight excluding hydrogens is 316 g/mol. The van der Waals surface area contributed by atoms with E-state index in [0.717, 1.165) is 40.0 Å². The number of aromatic nitrogens is 2. The molecule has 1 saturated carbocycles. The number of hydrogen-bond acceptors (Lipinski definition) is 3. The van der Waals surface area contributed by atoms with E-state index in [4.69, 9.17) is 4.74 Å². The fraction of sp³-hybridized carbons (Fsp3) is 0.500. The summed E-state index contributed by atoms with van der Waals surface area (Å²) in [7, 11) is 0. The molecule has 0 amide bonds. The summed E-state index contributed by atoms with van der Waals surface area (Å²) in [6.45, 7) is 2.27. The highest BCUT2D eigenvalue weighted by molar-refractivity contribution is 9.10. The van der Waals surface area contributed by atoms with Gasteiger partial charge in [0.1, 0.15) is 11.3 Å². The van der Waals surface area contributed by atoms with Crippen molar-refractivity contribution < 1.29 is 4.74 Å². The second-order valence-corrected chi connectivity index (χ2v) is 6.43. The molecule has 1 fully saturated rings. The minimum absolute atomic E-state index is 0.324. The first-order chi connectivity index (χ1) is 9.76. The van der Waals surface area contributed by atoms with Crippen molar-refractivity contribution in [3.8, 4) is 5.75 Å². The second kappa shape index (κ2) is 6.08. The molecule has 0 saturated heterocycles. The third-order valence-corrected chi connectivity index (χ3v) is 4.55. The van der Waals surface area contributed by atoms with Crippen LogP contribution in [-0.4, -0.2) is 16.1 Å². The maximum atomic E-state index is 6.22. The molecule has 0 bridgehead atoms. The van der Waals surface area contributed by atoms with Gasteiger partial charge in [0.15, 0.2) is 0 Å². The van der Waals surface area contributed by atoms with E-state index in [-0.39, 0.29) is 0 Å². The van der Waals surface area contributed by atoms with Gasteiger partial charge in [-0.1, -0.05) is 19.8 Å². The van der Waals surface area contributed by atoms with Gasteiger partial charge in [0.05, 0.1) is 11.6 Å². The van der Waals surface area contributed by atoms with Crippen LogP contribution in [0, 0.1) is 5.92 Å². The lowest BCUT2D eigenvalue weighted by Crippen LogP contribution is -2.25. The predicted molar refractivity (Wildman–Crippen MR) is 83.9 cm³/mol. The Labute approximate surface area is 127 Å². The van der Waals surface area contributed by atoms with Crippen LogP contribution in [0.5, 0.6) is 5.75 Å². The Balaban J connectivity index is 1.83. The summed E-state index contributed by atoms with van der Waals surface area (Å²) in [4.78, 5) is 8.81. The van der Waals surface area contributed by atoms with Crippen LogP contribution in [0.4, 0.5) is 0 Å². The van der Waals surface area contributed by atoms with Crippen molar-refractivity contribution in [3.05, 3.63) is 29.0 Å². The fourth-order valence-electron chi connectivity index (χ4n) is 2.98.